The quantitative estimate of drug-likeness (QED) is 0.573. The Hall–Kier alpha value is -2.50. The minimum Gasteiger partial charge on any atom is -0.493 e. The standard InChI is InChI=1S/C20H24O6/c1-19-8-10-20(11-9-19,18(22)26-19)13-25-16-12-14(4-6-15(16)23-2)5-7-17(21)24-3/h4-7,12H,8-11,13H2,1-3H3. The molecule has 3 aliphatic rings. The van der Waals surface area contributed by atoms with Gasteiger partial charge in [0.15, 0.2) is 11.5 Å². The fraction of sp³-hybridized carbons (Fsp3) is 0.500. The molecule has 4 rings (SSSR count). The first-order valence-corrected chi connectivity index (χ1v) is 8.70. The van der Waals surface area contributed by atoms with Crippen LogP contribution in [0.2, 0.25) is 0 Å². The summed E-state index contributed by atoms with van der Waals surface area (Å²) < 4.78 is 21.5. The Morgan fingerprint density at radius 2 is 1.92 bits per heavy atom. The fourth-order valence-electron chi connectivity index (χ4n) is 3.46. The van der Waals surface area contributed by atoms with Crippen LogP contribution in [0.4, 0.5) is 0 Å². The van der Waals surface area contributed by atoms with Gasteiger partial charge in [-0.1, -0.05) is 6.07 Å². The molecule has 0 atom stereocenters. The maximum absolute atomic E-state index is 12.4. The predicted molar refractivity (Wildman–Crippen MR) is 94.9 cm³/mol. The van der Waals surface area contributed by atoms with Crippen molar-refractivity contribution in [3.63, 3.8) is 0 Å². The number of rotatable bonds is 6. The SMILES string of the molecule is COC(=O)C=Cc1ccc(OC)c(OCC23CCC(C)(CC2)OC3=O)c1. The molecular formula is C20H24O6. The van der Waals surface area contributed by atoms with Gasteiger partial charge in [0.25, 0.3) is 0 Å². The lowest BCUT2D eigenvalue weighted by Crippen LogP contribution is -2.55. The maximum Gasteiger partial charge on any atom is 0.330 e. The minimum absolute atomic E-state index is 0.168. The second-order valence-electron chi connectivity index (χ2n) is 7.18. The Kier molecular flexibility index (Phi) is 4.94. The van der Waals surface area contributed by atoms with Crippen LogP contribution in [0.3, 0.4) is 0 Å². The highest BCUT2D eigenvalue weighted by atomic mass is 16.6. The second-order valence-corrected chi connectivity index (χ2v) is 7.18. The van der Waals surface area contributed by atoms with Gasteiger partial charge in [-0.3, -0.25) is 4.79 Å². The summed E-state index contributed by atoms with van der Waals surface area (Å²) in [5, 5.41) is 0. The molecule has 2 bridgehead atoms. The number of esters is 2. The maximum atomic E-state index is 12.4. The normalized spacial score (nSPS) is 27.3. The molecule has 2 aliphatic heterocycles. The van der Waals surface area contributed by atoms with Gasteiger partial charge in [-0.2, -0.15) is 0 Å². The van der Waals surface area contributed by atoms with E-state index in [0.29, 0.717) is 11.5 Å². The molecule has 0 radical (unpaired) electrons. The van der Waals surface area contributed by atoms with E-state index in [-0.39, 0.29) is 18.2 Å². The first kappa shape index (κ1) is 18.3. The lowest BCUT2D eigenvalue weighted by molar-refractivity contribution is -0.203. The zero-order chi connectivity index (χ0) is 18.8. The Bertz CT molecular complexity index is 728. The van der Waals surface area contributed by atoms with Gasteiger partial charge in [0, 0.05) is 6.08 Å². The minimum atomic E-state index is -0.583. The number of benzene rings is 1. The van der Waals surface area contributed by atoms with Crippen molar-refractivity contribution in [2.75, 3.05) is 20.8 Å². The predicted octanol–water partition coefficient (Wildman–Crippen LogP) is 3.14. The monoisotopic (exact) mass is 360 g/mol. The van der Waals surface area contributed by atoms with E-state index in [4.69, 9.17) is 14.2 Å². The Labute approximate surface area is 153 Å². The first-order chi connectivity index (χ1) is 12.4. The highest BCUT2D eigenvalue weighted by molar-refractivity contribution is 5.87. The molecule has 2 heterocycles. The van der Waals surface area contributed by atoms with Crippen molar-refractivity contribution in [1.82, 2.24) is 0 Å². The van der Waals surface area contributed by atoms with Crippen LogP contribution in [0, 0.1) is 5.41 Å². The van der Waals surface area contributed by atoms with Crippen LogP contribution in [0.5, 0.6) is 11.5 Å². The molecule has 1 saturated carbocycles. The van der Waals surface area contributed by atoms with Gasteiger partial charge in [0.05, 0.1) is 14.2 Å². The number of ether oxygens (including phenoxy) is 4. The van der Waals surface area contributed by atoms with Gasteiger partial charge in [0.2, 0.25) is 0 Å². The van der Waals surface area contributed by atoms with Crippen molar-refractivity contribution in [3.05, 3.63) is 29.8 Å². The average molecular weight is 360 g/mol. The van der Waals surface area contributed by atoms with Gasteiger partial charge >= 0.3 is 11.9 Å². The lowest BCUT2D eigenvalue weighted by atomic mass is 9.66. The number of fused-ring (bicyclic) bond motifs is 3. The molecule has 3 fully saturated rings. The third kappa shape index (κ3) is 3.54. The summed E-state index contributed by atoms with van der Waals surface area (Å²) in [6.45, 7) is 2.25. The van der Waals surface area contributed by atoms with E-state index in [1.807, 2.05) is 13.0 Å². The summed E-state index contributed by atoms with van der Waals surface area (Å²) >= 11 is 0. The van der Waals surface area contributed by atoms with Crippen LogP contribution in [-0.2, 0) is 19.1 Å². The number of carbonyl (C=O) groups excluding carboxylic acids is 2. The van der Waals surface area contributed by atoms with E-state index >= 15 is 0 Å². The van der Waals surface area contributed by atoms with Gasteiger partial charge in [-0.05, 0) is 56.4 Å². The molecular weight excluding hydrogens is 336 g/mol. The van der Waals surface area contributed by atoms with Gasteiger partial charge in [0.1, 0.15) is 17.6 Å². The van der Waals surface area contributed by atoms with Crippen LogP contribution in [-0.4, -0.2) is 38.4 Å². The van der Waals surface area contributed by atoms with Crippen molar-refractivity contribution in [2.45, 2.75) is 38.2 Å². The molecule has 26 heavy (non-hydrogen) atoms. The summed E-state index contributed by atoms with van der Waals surface area (Å²) in [6, 6.07) is 5.35. The van der Waals surface area contributed by atoms with Gasteiger partial charge in [-0.15, -0.1) is 0 Å². The van der Waals surface area contributed by atoms with E-state index < -0.39 is 11.4 Å². The highest BCUT2D eigenvalue weighted by Gasteiger charge is 2.54. The highest BCUT2D eigenvalue weighted by Crippen LogP contribution is 2.49. The van der Waals surface area contributed by atoms with E-state index in [2.05, 4.69) is 4.74 Å². The Balaban J connectivity index is 1.75. The summed E-state index contributed by atoms with van der Waals surface area (Å²) in [5.74, 6) is 0.498. The first-order valence-electron chi connectivity index (χ1n) is 8.70. The fourth-order valence-corrected chi connectivity index (χ4v) is 3.46. The molecule has 0 amide bonds. The molecule has 1 aromatic carbocycles. The summed E-state index contributed by atoms with van der Waals surface area (Å²) in [5.41, 5.74) is -0.124. The van der Waals surface area contributed by atoms with E-state index in [1.54, 1.807) is 25.3 Å². The molecule has 1 aromatic rings. The van der Waals surface area contributed by atoms with Crippen LogP contribution in [0.25, 0.3) is 6.08 Å². The molecule has 6 nitrogen and oxygen atoms in total. The van der Waals surface area contributed by atoms with Crippen molar-refractivity contribution in [3.8, 4) is 11.5 Å². The molecule has 0 spiro atoms. The molecule has 0 aromatic heterocycles. The number of methoxy groups -OCH3 is 2. The van der Waals surface area contributed by atoms with Gasteiger partial charge < -0.3 is 18.9 Å². The summed E-state index contributed by atoms with van der Waals surface area (Å²) in [4.78, 5) is 23.7. The Morgan fingerprint density at radius 1 is 1.19 bits per heavy atom. The molecule has 140 valence electrons. The van der Waals surface area contributed by atoms with Crippen molar-refractivity contribution < 1.29 is 28.5 Å². The second kappa shape index (κ2) is 7.02. The van der Waals surface area contributed by atoms with Crippen LogP contribution in [0.15, 0.2) is 24.3 Å². The third-order valence-corrected chi connectivity index (χ3v) is 5.34. The molecule has 6 heteroatoms. The topological polar surface area (TPSA) is 71.1 Å². The van der Waals surface area contributed by atoms with Crippen LogP contribution >= 0.6 is 0 Å². The third-order valence-electron chi connectivity index (χ3n) is 5.34. The number of carbonyl (C=O) groups is 2. The molecule has 0 N–H and O–H groups in total. The Morgan fingerprint density at radius 3 is 2.54 bits per heavy atom. The molecule has 2 saturated heterocycles. The average Bonchev–Trinajstić information content (AvgIpc) is 2.65. The zero-order valence-electron chi connectivity index (χ0n) is 15.4. The lowest BCUT2D eigenvalue weighted by Gasteiger charge is -2.49. The van der Waals surface area contributed by atoms with E-state index in [9.17, 15) is 9.59 Å². The van der Waals surface area contributed by atoms with Gasteiger partial charge in [-0.25, -0.2) is 4.79 Å². The molecule has 1 aliphatic carbocycles. The van der Waals surface area contributed by atoms with Crippen molar-refractivity contribution in [1.29, 1.82) is 0 Å². The van der Waals surface area contributed by atoms with Crippen molar-refractivity contribution in [2.24, 2.45) is 5.41 Å². The zero-order valence-corrected chi connectivity index (χ0v) is 15.4. The molecule has 0 unspecified atom stereocenters. The van der Waals surface area contributed by atoms with Crippen LogP contribution in [0.1, 0.15) is 38.2 Å². The van der Waals surface area contributed by atoms with Crippen molar-refractivity contribution >= 4 is 18.0 Å². The number of hydrogen-bond donors (Lipinski definition) is 0. The smallest absolute Gasteiger partial charge is 0.330 e. The van der Waals surface area contributed by atoms with Crippen LogP contribution < -0.4 is 9.47 Å². The van der Waals surface area contributed by atoms with E-state index in [0.717, 1.165) is 31.2 Å². The van der Waals surface area contributed by atoms with E-state index in [1.165, 1.54) is 13.2 Å². The summed E-state index contributed by atoms with van der Waals surface area (Å²) in [6.07, 6.45) is 6.24. The summed E-state index contributed by atoms with van der Waals surface area (Å²) in [7, 11) is 2.89. The largest absolute Gasteiger partial charge is 0.493 e. The number of hydrogen-bond acceptors (Lipinski definition) is 6.